The van der Waals surface area contributed by atoms with E-state index in [2.05, 4.69) is 262 Å². The summed E-state index contributed by atoms with van der Waals surface area (Å²) in [5.74, 6) is 0. The SMILES string of the molecule is c1ccc(-n2c3ccc(-n4c5ccccc5c5c([Si](c6ccccc6)(c6ccccc6)c6ccccc6)cccc54)cc3c3c(-n4c5ccccc5c5ccccc54)cccc32)cc1. The van der Waals surface area contributed by atoms with Crippen LogP contribution >= 0.6 is 0 Å². The van der Waals surface area contributed by atoms with Crippen LogP contribution in [0.3, 0.4) is 0 Å². The predicted octanol–water partition coefficient (Wildman–Crippen LogP) is 12.4. The summed E-state index contributed by atoms with van der Waals surface area (Å²) in [4.78, 5) is 0. The van der Waals surface area contributed by atoms with Crippen molar-refractivity contribution in [2.45, 2.75) is 0 Å². The van der Waals surface area contributed by atoms with Gasteiger partial charge < -0.3 is 13.7 Å². The number of hydrogen-bond donors (Lipinski definition) is 0. The Morgan fingerprint density at radius 3 is 1.25 bits per heavy atom. The lowest BCUT2D eigenvalue weighted by atomic mass is 10.1. The molecule has 0 radical (unpaired) electrons. The summed E-state index contributed by atoms with van der Waals surface area (Å²) in [6, 6.07) is 92.3. The van der Waals surface area contributed by atoms with E-state index in [1.165, 1.54) is 91.9 Å². The molecule has 0 unspecified atom stereocenters. The first kappa shape index (κ1) is 36.5. The average molecular weight is 832 g/mol. The third kappa shape index (κ3) is 5.21. The van der Waals surface area contributed by atoms with E-state index >= 15 is 0 Å². The van der Waals surface area contributed by atoms with Crippen LogP contribution in [0.25, 0.3) is 82.5 Å². The Morgan fingerprint density at radius 1 is 0.250 bits per heavy atom. The van der Waals surface area contributed by atoms with Gasteiger partial charge in [-0.15, -0.1) is 0 Å². The van der Waals surface area contributed by atoms with Crippen LogP contribution in [-0.2, 0) is 0 Å². The number of benzene rings is 10. The molecule has 0 bridgehead atoms. The molecule has 13 aromatic rings. The van der Waals surface area contributed by atoms with E-state index in [1.54, 1.807) is 0 Å². The van der Waals surface area contributed by atoms with Gasteiger partial charge in [0.15, 0.2) is 8.07 Å². The van der Waals surface area contributed by atoms with E-state index in [9.17, 15) is 0 Å². The molecule has 0 saturated heterocycles. The third-order valence-electron chi connectivity index (χ3n) is 13.6. The van der Waals surface area contributed by atoms with Crippen molar-refractivity contribution >= 4 is 94.2 Å². The minimum Gasteiger partial charge on any atom is -0.309 e. The fourth-order valence-electron chi connectivity index (χ4n) is 11.0. The lowest BCUT2D eigenvalue weighted by Gasteiger charge is -2.35. The summed E-state index contributed by atoms with van der Waals surface area (Å²) in [7, 11) is -2.89. The molecule has 3 nitrogen and oxygen atoms in total. The molecule has 4 heteroatoms. The van der Waals surface area contributed by atoms with Gasteiger partial charge in [-0.2, -0.15) is 0 Å². The monoisotopic (exact) mass is 831 g/mol. The van der Waals surface area contributed by atoms with Gasteiger partial charge in [0.1, 0.15) is 0 Å². The van der Waals surface area contributed by atoms with Crippen molar-refractivity contribution in [2.75, 3.05) is 0 Å². The van der Waals surface area contributed by atoms with E-state index in [4.69, 9.17) is 0 Å². The van der Waals surface area contributed by atoms with Crippen LogP contribution in [0.5, 0.6) is 0 Å². The quantitative estimate of drug-likeness (QED) is 0.112. The Balaban J connectivity index is 1.15. The van der Waals surface area contributed by atoms with Gasteiger partial charge >= 0.3 is 0 Å². The highest BCUT2D eigenvalue weighted by Crippen LogP contribution is 2.41. The summed E-state index contributed by atoms with van der Waals surface area (Å²) in [5, 5.41) is 13.0. The highest BCUT2D eigenvalue weighted by Gasteiger charge is 2.43. The summed E-state index contributed by atoms with van der Waals surface area (Å²) in [5.41, 5.74) is 10.6. The molecule has 0 fully saturated rings. The van der Waals surface area contributed by atoms with Crippen molar-refractivity contribution in [3.63, 3.8) is 0 Å². The standard InChI is InChI=1S/C60H41N3Si/c1-5-21-42(22-6-1)61-54-40-39-43(41-50(54)59-55(61)35-19-36-56(59)63-51-32-16-13-29-47(51)48-30-14-17-33-52(48)63)62-53-34-18-15-31-49(53)60-57(62)37-20-38-58(60)64(44-23-7-2-8-24-44,45-25-9-3-10-26-45)46-27-11-4-12-28-46/h1-41H. The zero-order chi connectivity index (χ0) is 42.2. The molecule has 0 aliphatic carbocycles. The lowest BCUT2D eigenvalue weighted by molar-refractivity contribution is 1.16. The van der Waals surface area contributed by atoms with Gasteiger partial charge in [-0.1, -0.05) is 182 Å². The molecular formula is C60H41N3Si. The van der Waals surface area contributed by atoms with Gasteiger partial charge in [-0.3, -0.25) is 0 Å². The predicted molar refractivity (Wildman–Crippen MR) is 273 cm³/mol. The minimum absolute atomic E-state index is 1.13. The first-order chi connectivity index (χ1) is 31.8. The second-order valence-corrected chi connectivity index (χ2v) is 20.6. The fourth-order valence-corrected chi connectivity index (χ4v) is 16.0. The number of hydrogen-bond acceptors (Lipinski definition) is 0. The second-order valence-electron chi connectivity index (χ2n) is 16.8. The van der Waals surface area contributed by atoms with Crippen LogP contribution in [0.1, 0.15) is 0 Å². The third-order valence-corrected chi connectivity index (χ3v) is 18.4. The second kappa shape index (κ2) is 14.5. The lowest BCUT2D eigenvalue weighted by Crippen LogP contribution is -2.74. The maximum atomic E-state index is 2.52. The molecule has 0 saturated carbocycles. The molecule has 0 atom stereocenters. The van der Waals surface area contributed by atoms with E-state index in [1.807, 2.05) is 0 Å². The number of rotatable bonds is 7. The van der Waals surface area contributed by atoms with Crippen LogP contribution in [0.4, 0.5) is 0 Å². The Labute approximate surface area is 372 Å². The fraction of sp³-hybridized carbons (Fsp3) is 0. The van der Waals surface area contributed by atoms with Gasteiger partial charge in [-0.05, 0) is 87.5 Å². The molecule has 0 aliphatic rings. The van der Waals surface area contributed by atoms with E-state index in [0.29, 0.717) is 0 Å². The molecule has 0 aliphatic heterocycles. The molecule has 10 aromatic carbocycles. The smallest absolute Gasteiger partial charge is 0.180 e. The largest absolute Gasteiger partial charge is 0.309 e. The molecule has 300 valence electrons. The highest BCUT2D eigenvalue weighted by molar-refractivity contribution is 7.20. The number of nitrogens with zero attached hydrogens (tertiary/aromatic N) is 3. The van der Waals surface area contributed by atoms with E-state index in [0.717, 1.165) is 11.4 Å². The van der Waals surface area contributed by atoms with Crippen LogP contribution in [-0.4, -0.2) is 21.8 Å². The van der Waals surface area contributed by atoms with Crippen molar-refractivity contribution in [3.8, 4) is 17.1 Å². The summed E-state index contributed by atoms with van der Waals surface area (Å²) >= 11 is 0. The molecule has 3 heterocycles. The van der Waals surface area contributed by atoms with Crippen LogP contribution in [0.2, 0.25) is 0 Å². The molecule has 13 rings (SSSR count). The van der Waals surface area contributed by atoms with Crippen molar-refractivity contribution in [3.05, 3.63) is 249 Å². The molecule has 0 spiro atoms. The molecule has 3 aromatic heterocycles. The van der Waals surface area contributed by atoms with Crippen molar-refractivity contribution in [2.24, 2.45) is 0 Å². The van der Waals surface area contributed by atoms with Gasteiger partial charge in [0.25, 0.3) is 0 Å². The van der Waals surface area contributed by atoms with Gasteiger partial charge in [0.05, 0.1) is 38.8 Å². The Hall–Kier alpha value is -8.18. The zero-order valence-corrected chi connectivity index (χ0v) is 36.0. The summed E-state index contributed by atoms with van der Waals surface area (Å²) < 4.78 is 7.43. The van der Waals surface area contributed by atoms with Gasteiger partial charge in [0, 0.05) is 43.7 Å². The Morgan fingerprint density at radius 2 is 0.672 bits per heavy atom. The number of fused-ring (bicyclic) bond motifs is 9. The molecule has 64 heavy (non-hydrogen) atoms. The maximum Gasteiger partial charge on any atom is 0.180 e. The van der Waals surface area contributed by atoms with Crippen molar-refractivity contribution in [1.82, 2.24) is 13.7 Å². The van der Waals surface area contributed by atoms with Crippen LogP contribution in [0, 0.1) is 0 Å². The number of aromatic nitrogens is 3. The highest BCUT2D eigenvalue weighted by atomic mass is 28.3. The van der Waals surface area contributed by atoms with Crippen LogP contribution < -0.4 is 20.7 Å². The van der Waals surface area contributed by atoms with E-state index < -0.39 is 8.07 Å². The van der Waals surface area contributed by atoms with Gasteiger partial charge in [0.2, 0.25) is 0 Å². The Kier molecular flexibility index (Phi) is 8.23. The Bertz CT molecular complexity index is 3730. The topological polar surface area (TPSA) is 14.8 Å². The van der Waals surface area contributed by atoms with Crippen LogP contribution in [0.15, 0.2) is 249 Å². The van der Waals surface area contributed by atoms with Crippen molar-refractivity contribution in [1.29, 1.82) is 0 Å². The first-order valence-corrected chi connectivity index (χ1v) is 24.1. The molecular weight excluding hydrogens is 791 g/mol. The maximum absolute atomic E-state index is 2.89. The normalized spacial score (nSPS) is 12.1. The summed E-state index contributed by atoms with van der Waals surface area (Å²) in [6.45, 7) is 0. The van der Waals surface area contributed by atoms with E-state index in [-0.39, 0.29) is 0 Å². The minimum atomic E-state index is -2.89. The molecule has 0 N–H and O–H groups in total. The average Bonchev–Trinajstić information content (AvgIpc) is 4.01. The van der Waals surface area contributed by atoms with Gasteiger partial charge in [-0.25, -0.2) is 0 Å². The first-order valence-electron chi connectivity index (χ1n) is 22.1. The number of para-hydroxylation sites is 4. The molecule has 0 amide bonds. The zero-order valence-electron chi connectivity index (χ0n) is 35.0. The van der Waals surface area contributed by atoms with Crippen molar-refractivity contribution < 1.29 is 0 Å². The summed E-state index contributed by atoms with van der Waals surface area (Å²) in [6.07, 6.45) is 0.